The zero-order chi connectivity index (χ0) is 16.1. The predicted octanol–water partition coefficient (Wildman–Crippen LogP) is 4.28. The standard InChI is InChI=1S/C18H18N2O3/c1-3-14(22-16-12-8-7-11-15(16)21-2)18-20-19-17(23-18)13-9-5-4-6-10-13/h4-12,14H,3H2,1-2H3. The van der Waals surface area contributed by atoms with Crippen molar-refractivity contribution in [3.63, 3.8) is 0 Å². The van der Waals surface area contributed by atoms with Crippen molar-refractivity contribution in [2.45, 2.75) is 19.4 Å². The summed E-state index contributed by atoms with van der Waals surface area (Å²) in [6.07, 6.45) is 0.380. The van der Waals surface area contributed by atoms with Crippen molar-refractivity contribution < 1.29 is 13.9 Å². The van der Waals surface area contributed by atoms with Crippen LogP contribution in [0.15, 0.2) is 59.0 Å². The third-order valence-corrected chi connectivity index (χ3v) is 3.45. The summed E-state index contributed by atoms with van der Waals surface area (Å²) in [4.78, 5) is 0. The van der Waals surface area contributed by atoms with E-state index >= 15 is 0 Å². The zero-order valence-corrected chi connectivity index (χ0v) is 13.1. The maximum Gasteiger partial charge on any atom is 0.257 e. The van der Waals surface area contributed by atoms with Crippen molar-refractivity contribution in [2.75, 3.05) is 7.11 Å². The number of ether oxygens (including phenoxy) is 2. The lowest BCUT2D eigenvalue weighted by Gasteiger charge is -2.16. The Balaban J connectivity index is 1.83. The molecule has 0 saturated heterocycles. The summed E-state index contributed by atoms with van der Waals surface area (Å²) in [7, 11) is 1.61. The normalized spacial score (nSPS) is 11.9. The fraction of sp³-hybridized carbons (Fsp3) is 0.222. The van der Waals surface area contributed by atoms with Gasteiger partial charge in [-0.3, -0.25) is 0 Å². The molecule has 0 aliphatic heterocycles. The van der Waals surface area contributed by atoms with Gasteiger partial charge in [-0.25, -0.2) is 0 Å². The number of nitrogens with zero attached hydrogens (tertiary/aromatic N) is 2. The Hall–Kier alpha value is -2.82. The molecule has 0 spiro atoms. The molecule has 1 unspecified atom stereocenters. The number of hydrogen-bond acceptors (Lipinski definition) is 5. The molecule has 0 radical (unpaired) electrons. The van der Waals surface area contributed by atoms with Gasteiger partial charge in [-0.1, -0.05) is 37.3 Å². The van der Waals surface area contributed by atoms with Gasteiger partial charge in [0, 0.05) is 5.56 Å². The number of hydrogen-bond donors (Lipinski definition) is 0. The van der Waals surface area contributed by atoms with Gasteiger partial charge >= 0.3 is 0 Å². The molecule has 2 aromatic carbocycles. The van der Waals surface area contributed by atoms with Crippen LogP contribution in [0.4, 0.5) is 0 Å². The lowest BCUT2D eigenvalue weighted by atomic mass is 10.2. The molecule has 0 amide bonds. The molecule has 3 aromatic rings. The van der Waals surface area contributed by atoms with Crippen LogP contribution in [0.3, 0.4) is 0 Å². The van der Waals surface area contributed by atoms with E-state index in [1.165, 1.54) is 0 Å². The van der Waals surface area contributed by atoms with E-state index < -0.39 is 0 Å². The molecule has 5 heteroatoms. The Morgan fingerprint density at radius 1 is 0.957 bits per heavy atom. The molecule has 3 rings (SSSR count). The smallest absolute Gasteiger partial charge is 0.257 e. The maximum absolute atomic E-state index is 6.00. The topological polar surface area (TPSA) is 57.4 Å². The minimum absolute atomic E-state index is 0.323. The molecule has 1 heterocycles. The molecule has 1 aromatic heterocycles. The van der Waals surface area contributed by atoms with E-state index in [2.05, 4.69) is 10.2 Å². The molecule has 0 aliphatic carbocycles. The molecular weight excluding hydrogens is 292 g/mol. The van der Waals surface area contributed by atoms with Gasteiger partial charge in [-0.2, -0.15) is 0 Å². The summed E-state index contributed by atoms with van der Waals surface area (Å²) in [5, 5.41) is 8.24. The van der Waals surface area contributed by atoms with Crippen molar-refractivity contribution in [1.82, 2.24) is 10.2 Å². The minimum atomic E-state index is -0.323. The van der Waals surface area contributed by atoms with Gasteiger partial charge < -0.3 is 13.9 Å². The molecule has 0 saturated carbocycles. The second kappa shape index (κ2) is 6.96. The van der Waals surface area contributed by atoms with Gasteiger partial charge in [0.25, 0.3) is 5.89 Å². The molecule has 0 fully saturated rings. The molecule has 118 valence electrons. The van der Waals surface area contributed by atoms with Crippen molar-refractivity contribution in [2.24, 2.45) is 0 Å². The number of aromatic nitrogens is 2. The quantitative estimate of drug-likeness (QED) is 0.680. The monoisotopic (exact) mass is 310 g/mol. The lowest BCUT2D eigenvalue weighted by molar-refractivity contribution is 0.160. The summed E-state index contributed by atoms with van der Waals surface area (Å²) in [5.74, 6) is 2.27. The summed E-state index contributed by atoms with van der Waals surface area (Å²) in [5.41, 5.74) is 0.887. The Morgan fingerprint density at radius 2 is 1.65 bits per heavy atom. The zero-order valence-electron chi connectivity index (χ0n) is 13.1. The second-order valence-electron chi connectivity index (χ2n) is 4.98. The number of para-hydroxylation sites is 2. The van der Waals surface area contributed by atoms with Crippen LogP contribution in [0.2, 0.25) is 0 Å². The van der Waals surface area contributed by atoms with Gasteiger partial charge in [0.15, 0.2) is 17.6 Å². The van der Waals surface area contributed by atoms with Gasteiger partial charge in [0.05, 0.1) is 7.11 Å². The first-order valence-corrected chi connectivity index (χ1v) is 7.50. The Labute approximate surface area is 134 Å². The van der Waals surface area contributed by atoms with Gasteiger partial charge in [0.2, 0.25) is 5.89 Å². The van der Waals surface area contributed by atoms with Crippen LogP contribution in [-0.2, 0) is 0 Å². The van der Waals surface area contributed by atoms with E-state index in [0.717, 1.165) is 5.56 Å². The average molecular weight is 310 g/mol. The lowest BCUT2D eigenvalue weighted by Crippen LogP contribution is -2.07. The summed E-state index contributed by atoms with van der Waals surface area (Å²) in [6, 6.07) is 17.2. The van der Waals surface area contributed by atoms with E-state index in [1.807, 2.05) is 61.5 Å². The largest absolute Gasteiger partial charge is 0.493 e. The fourth-order valence-electron chi connectivity index (χ4n) is 2.24. The van der Waals surface area contributed by atoms with Crippen molar-refractivity contribution in [3.05, 3.63) is 60.5 Å². The molecular formula is C18H18N2O3. The Morgan fingerprint density at radius 3 is 2.35 bits per heavy atom. The number of benzene rings is 2. The van der Waals surface area contributed by atoms with Crippen LogP contribution >= 0.6 is 0 Å². The minimum Gasteiger partial charge on any atom is -0.493 e. The van der Waals surface area contributed by atoms with Crippen LogP contribution in [0, 0.1) is 0 Å². The maximum atomic E-state index is 6.00. The van der Waals surface area contributed by atoms with E-state index in [-0.39, 0.29) is 6.10 Å². The van der Waals surface area contributed by atoms with Crippen molar-refractivity contribution in [1.29, 1.82) is 0 Å². The predicted molar refractivity (Wildman–Crippen MR) is 86.4 cm³/mol. The molecule has 0 bridgehead atoms. The van der Waals surface area contributed by atoms with Crippen LogP contribution in [0.25, 0.3) is 11.5 Å². The molecule has 23 heavy (non-hydrogen) atoms. The fourth-order valence-corrected chi connectivity index (χ4v) is 2.24. The highest BCUT2D eigenvalue weighted by molar-refractivity contribution is 5.51. The van der Waals surface area contributed by atoms with Gasteiger partial charge in [0.1, 0.15) is 0 Å². The summed E-state index contributed by atoms with van der Waals surface area (Å²) < 4.78 is 17.1. The highest BCUT2D eigenvalue weighted by Crippen LogP contribution is 2.32. The first-order chi connectivity index (χ1) is 11.3. The van der Waals surface area contributed by atoms with Crippen LogP contribution in [0.5, 0.6) is 11.5 Å². The second-order valence-corrected chi connectivity index (χ2v) is 4.98. The first kappa shape index (κ1) is 15.1. The van der Waals surface area contributed by atoms with Gasteiger partial charge in [-0.05, 0) is 30.7 Å². The van der Waals surface area contributed by atoms with Crippen molar-refractivity contribution >= 4 is 0 Å². The molecule has 0 N–H and O–H groups in total. The van der Waals surface area contributed by atoms with Crippen LogP contribution < -0.4 is 9.47 Å². The third-order valence-electron chi connectivity index (χ3n) is 3.45. The van der Waals surface area contributed by atoms with Crippen LogP contribution in [-0.4, -0.2) is 17.3 Å². The first-order valence-electron chi connectivity index (χ1n) is 7.50. The highest BCUT2D eigenvalue weighted by Gasteiger charge is 2.20. The molecule has 0 aliphatic rings. The SMILES string of the molecule is CCC(Oc1ccccc1OC)c1nnc(-c2ccccc2)o1. The highest BCUT2D eigenvalue weighted by atomic mass is 16.5. The van der Waals surface area contributed by atoms with Crippen LogP contribution in [0.1, 0.15) is 25.3 Å². The molecule has 5 nitrogen and oxygen atoms in total. The third kappa shape index (κ3) is 3.34. The number of rotatable bonds is 6. The Bertz CT molecular complexity index is 756. The summed E-state index contributed by atoms with van der Waals surface area (Å²) >= 11 is 0. The summed E-state index contributed by atoms with van der Waals surface area (Å²) in [6.45, 7) is 2.01. The van der Waals surface area contributed by atoms with E-state index in [4.69, 9.17) is 13.9 Å². The van der Waals surface area contributed by atoms with Crippen molar-refractivity contribution in [3.8, 4) is 23.0 Å². The number of methoxy groups -OCH3 is 1. The Kier molecular flexibility index (Phi) is 4.57. The van der Waals surface area contributed by atoms with E-state index in [9.17, 15) is 0 Å². The van der Waals surface area contributed by atoms with E-state index in [0.29, 0.717) is 29.7 Å². The van der Waals surface area contributed by atoms with Gasteiger partial charge in [-0.15, -0.1) is 10.2 Å². The molecule has 1 atom stereocenters. The average Bonchev–Trinajstić information content (AvgIpc) is 3.10. The van der Waals surface area contributed by atoms with E-state index in [1.54, 1.807) is 7.11 Å².